The molecule has 0 aromatic heterocycles. The Labute approximate surface area is 124 Å². The topological polar surface area (TPSA) is 29.3 Å². The van der Waals surface area contributed by atoms with Gasteiger partial charge < -0.3 is 5.73 Å². The molecule has 0 spiro atoms. The molecule has 0 bridgehead atoms. The van der Waals surface area contributed by atoms with E-state index in [-0.39, 0.29) is 6.54 Å². The SMILES string of the molecule is CN(Cc1ccc(-c2ccccc2CN)cc1)CC(F)F. The molecule has 0 atom stereocenters. The molecule has 0 saturated carbocycles. The molecule has 2 aromatic carbocycles. The fraction of sp³-hybridized carbons (Fsp3) is 0.294. The van der Waals surface area contributed by atoms with Crippen LogP contribution in [0.2, 0.25) is 0 Å². The Hall–Kier alpha value is -1.78. The number of hydrogen-bond donors (Lipinski definition) is 1. The number of halogens is 2. The van der Waals surface area contributed by atoms with E-state index < -0.39 is 6.43 Å². The van der Waals surface area contributed by atoms with E-state index in [1.54, 1.807) is 11.9 Å². The third-order valence-corrected chi connectivity index (χ3v) is 3.40. The van der Waals surface area contributed by atoms with Gasteiger partial charge in [-0.2, -0.15) is 0 Å². The van der Waals surface area contributed by atoms with E-state index in [1.807, 2.05) is 48.5 Å². The van der Waals surface area contributed by atoms with Crippen molar-refractivity contribution in [2.24, 2.45) is 5.73 Å². The average molecular weight is 290 g/mol. The second-order valence-electron chi connectivity index (χ2n) is 5.15. The summed E-state index contributed by atoms with van der Waals surface area (Å²) in [5.41, 5.74) is 10.1. The van der Waals surface area contributed by atoms with Gasteiger partial charge in [0.25, 0.3) is 6.43 Å². The number of hydrogen-bond acceptors (Lipinski definition) is 2. The number of rotatable bonds is 6. The Morgan fingerprint density at radius 2 is 1.71 bits per heavy atom. The monoisotopic (exact) mass is 290 g/mol. The number of nitrogens with zero attached hydrogens (tertiary/aromatic N) is 1. The average Bonchev–Trinajstić information content (AvgIpc) is 2.47. The van der Waals surface area contributed by atoms with Crippen molar-refractivity contribution in [2.75, 3.05) is 13.6 Å². The predicted octanol–water partition coefficient (Wildman–Crippen LogP) is 3.51. The first-order valence-corrected chi connectivity index (χ1v) is 6.94. The Morgan fingerprint density at radius 1 is 1.05 bits per heavy atom. The molecule has 0 saturated heterocycles. The van der Waals surface area contributed by atoms with Crippen molar-refractivity contribution in [3.63, 3.8) is 0 Å². The summed E-state index contributed by atoms with van der Waals surface area (Å²) in [7, 11) is 1.70. The molecule has 0 heterocycles. The summed E-state index contributed by atoms with van der Waals surface area (Å²) in [5, 5.41) is 0. The quantitative estimate of drug-likeness (QED) is 0.882. The lowest BCUT2D eigenvalue weighted by atomic mass is 9.99. The maximum Gasteiger partial charge on any atom is 0.251 e. The number of alkyl halides is 2. The molecule has 0 aliphatic heterocycles. The molecule has 112 valence electrons. The van der Waals surface area contributed by atoms with Crippen LogP contribution in [0.1, 0.15) is 11.1 Å². The lowest BCUT2D eigenvalue weighted by Crippen LogP contribution is -2.23. The molecule has 0 aliphatic rings. The summed E-state index contributed by atoms with van der Waals surface area (Å²) in [6, 6.07) is 16.0. The van der Waals surface area contributed by atoms with Crippen molar-refractivity contribution >= 4 is 0 Å². The first-order chi connectivity index (χ1) is 10.1. The summed E-state index contributed by atoms with van der Waals surface area (Å²) in [6.45, 7) is 0.802. The molecule has 2 aromatic rings. The van der Waals surface area contributed by atoms with Gasteiger partial charge in [0.1, 0.15) is 0 Å². The summed E-state index contributed by atoms with van der Waals surface area (Å²) < 4.78 is 24.6. The van der Waals surface area contributed by atoms with E-state index in [2.05, 4.69) is 0 Å². The highest BCUT2D eigenvalue weighted by molar-refractivity contribution is 5.67. The molecule has 0 fully saturated rings. The largest absolute Gasteiger partial charge is 0.326 e. The number of nitrogens with two attached hydrogens (primary N) is 1. The normalized spacial score (nSPS) is 11.3. The fourth-order valence-corrected chi connectivity index (χ4v) is 2.38. The molecule has 0 amide bonds. The highest BCUT2D eigenvalue weighted by atomic mass is 19.3. The van der Waals surface area contributed by atoms with Gasteiger partial charge in [-0.3, -0.25) is 4.90 Å². The molecule has 0 unspecified atom stereocenters. The maximum absolute atomic E-state index is 12.3. The molecule has 21 heavy (non-hydrogen) atoms. The van der Waals surface area contributed by atoms with Crippen LogP contribution in [0, 0.1) is 0 Å². The first kappa shape index (κ1) is 15.6. The fourth-order valence-electron chi connectivity index (χ4n) is 2.38. The molecule has 2 N–H and O–H groups in total. The summed E-state index contributed by atoms with van der Waals surface area (Å²) in [5.74, 6) is 0. The van der Waals surface area contributed by atoms with E-state index >= 15 is 0 Å². The lowest BCUT2D eigenvalue weighted by Gasteiger charge is -2.16. The van der Waals surface area contributed by atoms with Crippen molar-refractivity contribution in [3.8, 4) is 11.1 Å². The highest BCUT2D eigenvalue weighted by Gasteiger charge is 2.08. The second-order valence-corrected chi connectivity index (χ2v) is 5.15. The minimum absolute atomic E-state index is 0.211. The minimum atomic E-state index is -2.30. The van der Waals surface area contributed by atoms with Crippen molar-refractivity contribution in [1.29, 1.82) is 0 Å². The zero-order valence-electron chi connectivity index (χ0n) is 12.1. The standard InChI is InChI=1S/C17H20F2N2/c1-21(12-17(18)19)11-13-6-8-14(9-7-13)16-5-3-2-4-15(16)10-20/h2-9,17H,10-12,20H2,1H3. The van der Waals surface area contributed by atoms with Gasteiger partial charge in [0.15, 0.2) is 0 Å². The molecule has 0 radical (unpaired) electrons. The van der Waals surface area contributed by atoms with Gasteiger partial charge in [-0.25, -0.2) is 8.78 Å². The molecule has 0 aliphatic carbocycles. The van der Waals surface area contributed by atoms with E-state index in [0.717, 1.165) is 22.3 Å². The van der Waals surface area contributed by atoms with Crippen LogP contribution >= 0.6 is 0 Å². The Bertz CT molecular complexity index is 567. The summed E-state index contributed by atoms with van der Waals surface area (Å²) in [6.07, 6.45) is -2.30. The highest BCUT2D eigenvalue weighted by Crippen LogP contribution is 2.24. The van der Waals surface area contributed by atoms with Crippen molar-refractivity contribution < 1.29 is 8.78 Å². The predicted molar refractivity (Wildman–Crippen MR) is 82.1 cm³/mol. The zero-order valence-corrected chi connectivity index (χ0v) is 12.1. The molecule has 2 nitrogen and oxygen atoms in total. The van der Waals surface area contributed by atoms with Gasteiger partial charge in [0.2, 0.25) is 0 Å². The van der Waals surface area contributed by atoms with E-state index in [0.29, 0.717) is 13.1 Å². The minimum Gasteiger partial charge on any atom is -0.326 e. The molecular weight excluding hydrogens is 270 g/mol. The first-order valence-electron chi connectivity index (χ1n) is 6.94. The van der Waals surface area contributed by atoms with Crippen LogP contribution in [-0.4, -0.2) is 24.9 Å². The zero-order chi connectivity index (χ0) is 15.2. The third-order valence-electron chi connectivity index (χ3n) is 3.40. The molecule has 4 heteroatoms. The Balaban J connectivity index is 2.12. The lowest BCUT2D eigenvalue weighted by molar-refractivity contribution is 0.0975. The van der Waals surface area contributed by atoms with E-state index in [9.17, 15) is 8.78 Å². The maximum atomic E-state index is 12.3. The van der Waals surface area contributed by atoms with Crippen molar-refractivity contribution in [3.05, 3.63) is 59.7 Å². The van der Waals surface area contributed by atoms with Crippen LogP contribution in [0.3, 0.4) is 0 Å². The van der Waals surface area contributed by atoms with Gasteiger partial charge in [0.05, 0.1) is 6.54 Å². The van der Waals surface area contributed by atoms with Crippen LogP contribution < -0.4 is 5.73 Å². The Morgan fingerprint density at radius 3 is 2.33 bits per heavy atom. The van der Waals surface area contributed by atoms with Crippen LogP contribution in [0.15, 0.2) is 48.5 Å². The van der Waals surface area contributed by atoms with E-state index in [1.165, 1.54) is 0 Å². The van der Waals surface area contributed by atoms with Crippen LogP contribution in [-0.2, 0) is 13.1 Å². The summed E-state index contributed by atoms with van der Waals surface area (Å²) in [4.78, 5) is 1.62. The van der Waals surface area contributed by atoms with Crippen molar-refractivity contribution in [1.82, 2.24) is 4.90 Å². The van der Waals surface area contributed by atoms with Crippen LogP contribution in [0.5, 0.6) is 0 Å². The van der Waals surface area contributed by atoms with E-state index in [4.69, 9.17) is 5.73 Å². The van der Waals surface area contributed by atoms with Crippen molar-refractivity contribution in [2.45, 2.75) is 19.5 Å². The van der Waals surface area contributed by atoms with Gasteiger partial charge in [-0.15, -0.1) is 0 Å². The number of benzene rings is 2. The second kappa shape index (κ2) is 7.29. The van der Waals surface area contributed by atoms with Gasteiger partial charge >= 0.3 is 0 Å². The van der Waals surface area contributed by atoms with Gasteiger partial charge in [-0.1, -0.05) is 48.5 Å². The Kier molecular flexibility index (Phi) is 5.42. The van der Waals surface area contributed by atoms with Crippen LogP contribution in [0.4, 0.5) is 8.78 Å². The van der Waals surface area contributed by atoms with Gasteiger partial charge in [0, 0.05) is 13.1 Å². The van der Waals surface area contributed by atoms with Gasteiger partial charge in [-0.05, 0) is 29.3 Å². The summed E-state index contributed by atoms with van der Waals surface area (Å²) >= 11 is 0. The smallest absolute Gasteiger partial charge is 0.251 e. The molecule has 2 rings (SSSR count). The van der Waals surface area contributed by atoms with Crippen LogP contribution in [0.25, 0.3) is 11.1 Å². The molecular formula is C17H20F2N2. The third kappa shape index (κ3) is 4.34.